The normalized spacial score (nSPS) is 12.5. The minimum atomic E-state index is -0.817. The lowest BCUT2D eigenvalue weighted by Gasteiger charge is -2.08. The highest BCUT2D eigenvalue weighted by Crippen LogP contribution is 2.17. The van der Waals surface area contributed by atoms with E-state index in [-0.39, 0.29) is 5.78 Å². The summed E-state index contributed by atoms with van der Waals surface area (Å²) in [5.41, 5.74) is 0.928. The van der Waals surface area contributed by atoms with E-state index >= 15 is 0 Å². The van der Waals surface area contributed by atoms with Crippen molar-refractivity contribution in [2.45, 2.75) is 32.3 Å². The van der Waals surface area contributed by atoms with Crippen LogP contribution in [0.3, 0.4) is 0 Å². The van der Waals surface area contributed by atoms with Gasteiger partial charge in [0, 0.05) is 10.9 Å². The molecule has 82 valence electrons. The fourth-order valence-electron chi connectivity index (χ4n) is 1.38. The van der Waals surface area contributed by atoms with Crippen LogP contribution in [0.5, 0.6) is 0 Å². The average molecular weight is 271 g/mol. The van der Waals surface area contributed by atoms with Gasteiger partial charge in [-0.25, -0.2) is 0 Å². The lowest BCUT2D eigenvalue weighted by molar-refractivity contribution is -0.126. The van der Waals surface area contributed by atoms with Gasteiger partial charge in [0.05, 0.1) is 0 Å². The van der Waals surface area contributed by atoms with Crippen LogP contribution in [0.25, 0.3) is 0 Å². The molecule has 0 aromatic heterocycles. The monoisotopic (exact) mass is 270 g/mol. The fraction of sp³-hybridized carbons (Fsp3) is 0.417. The summed E-state index contributed by atoms with van der Waals surface area (Å²) in [6, 6.07) is 7.58. The first kappa shape index (κ1) is 12.4. The van der Waals surface area contributed by atoms with Crippen LogP contribution in [0.1, 0.15) is 25.3 Å². The zero-order valence-electron chi connectivity index (χ0n) is 8.74. The number of ketones is 1. The molecular formula is C12H15BrO2. The first-order valence-corrected chi connectivity index (χ1v) is 5.88. The van der Waals surface area contributed by atoms with E-state index in [1.54, 1.807) is 0 Å². The van der Waals surface area contributed by atoms with Gasteiger partial charge in [0.2, 0.25) is 0 Å². The summed E-state index contributed by atoms with van der Waals surface area (Å²) in [6.45, 7) is 1.95. The number of halogens is 1. The van der Waals surface area contributed by atoms with Gasteiger partial charge in [-0.15, -0.1) is 0 Å². The van der Waals surface area contributed by atoms with Gasteiger partial charge in [-0.2, -0.15) is 0 Å². The van der Waals surface area contributed by atoms with Gasteiger partial charge < -0.3 is 5.11 Å². The molecule has 1 aromatic rings. The highest BCUT2D eigenvalue weighted by molar-refractivity contribution is 9.10. The zero-order chi connectivity index (χ0) is 11.3. The number of Topliss-reactive ketones (excluding diaryl/α,β-unsaturated/α-hetero) is 1. The number of hydrogen-bond acceptors (Lipinski definition) is 2. The number of benzene rings is 1. The van der Waals surface area contributed by atoms with Crippen LogP contribution in [0.2, 0.25) is 0 Å². The number of hydrogen-bond donors (Lipinski definition) is 1. The van der Waals surface area contributed by atoms with Crippen molar-refractivity contribution in [3.05, 3.63) is 34.3 Å². The largest absolute Gasteiger partial charge is 0.385 e. The lowest BCUT2D eigenvalue weighted by atomic mass is 10.0. The summed E-state index contributed by atoms with van der Waals surface area (Å²) in [5, 5.41) is 9.51. The highest BCUT2D eigenvalue weighted by Gasteiger charge is 2.15. The molecule has 0 amide bonds. The summed E-state index contributed by atoms with van der Waals surface area (Å²) < 4.78 is 0.919. The molecule has 1 aromatic carbocycles. The van der Waals surface area contributed by atoms with Crippen molar-refractivity contribution in [1.82, 2.24) is 0 Å². The van der Waals surface area contributed by atoms with Gasteiger partial charge in [0.25, 0.3) is 0 Å². The van der Waals surface area contributed by atoms with E-state index in [4.69, 9.17) is 0 Å². The molecule has 0 saturated carbocycles. The Balaban J connectivity index is 2.62. The van der Waals surface area contributed by atoms with E-state index in [0.29, 0.717) is 12.8 Å². The van der Waals surface area contributed by atoms with E-state index in [1.165, 1.54) is 0 Å². The van der Waals surface area contributed by atoms with Gasteiger partial charge in [-0.05, 0) is 18.1 Å². The van der Waals surface area contributed by atoms with E-state index in [2.05, 4.69) is 15.9 Å². The maximum atomic E-state index is 11.6. The molecule has 0 heterocycles. The molecule has 3 heteroatoms. The van der Waals surface area contributed by atoms with Gasteiger partial charge in [-0.1, -0.05) is 47.5 Å². The molecule has 0 bridgehead atoms. The smallest absolute Gasteiger partial charge is 0.165 e. The lowest BCUT2D eigenvalue weighted by Crippen LogP contribution is -2.22. The van der Waals surface area contributed by atoms with Gasteiger partial charge in [0.15, 0.2) is 5.78 Å². The van der Waals surface area contributed by atoms with Crippen molar-refractivity contribution < 1.29 is 9.90 Å². The van der Waals surface area contributed by atoms with Crippen LogP contribution in [0, 0.1) is 0 Å². The number of carbonyl (C=O) groups excluding carboxylic acids is 1. The molecule has 0 saturated heterocycles. The van der Waals surface area contributed by atoms with Crippen LogP contribution < -0.4 is 0 Å². The summed E-state index contributed by atoms with van der Waals surface area (Å²) in [5.74, 6) is -0.108. The number of carbonyl (C=O) groups is 1. The predicted octanol–water partition coefficient (Wildman–Crippen LogP) is 2.72. The Hall–Kier alpha value is -0.670. The molecule has 0 aliphatic carbocycles. The SMILES string of the molecule is CCCC(O)C(=O)Cc1ccccc1Br. The van der Waals surface area contributed by atoms with Crippen LogP contribution in [-0.4, -0.2) is 17.0 Å². The van der Waals surface area contributed by atoms with Gasteiger partial charge in [0.1, 0.15) is 6.10 Å². The molecule has 0 aliphatic heterocycles. The second kappa shape index (κ2) is 6.03. The Kier molecular flexibility index (Phi) is 4.99. The first-order chi connectivity index (χ1) is 7.15. The summed E-state index contributed by atoms with van der Waals surface area (Å²) in [7, 11) is 0. The third-order valence-corrected chi connectivity index (χ3v) is 3.03. The topological polar surface area (TPSA) is 37.3 Å². The van der Waals surface area contributed by atoms with E-state index < -0.39 is 6.10 Å². The molecule has 0 fully saturated rings. The van der Waals surface area contributed by atoms with Crippen LogP contribution in [0.4, 0.5) is 0 Å². The highest BCUT2D eigenvalue weighted by atomic mass is 79.9. The molecule has 15 heavy (non-hydrogen) atoms. The van der Waals surface area contributed by atoms with Crippen LogP contribution >= 0.6 is 15.9 Å². The van der Waals surface area contributed by atoms with Crippen LogP contribution in [0.15, 0.2) is 28.7 Å². The quantitative estimate of drug-likeness (QED) is 0.894. The summed E-state index contributed by atoms with van der Waals surface area (Å²) >= 11 is 3.38. The molecular weight excluding hydrogens is 256 g/mol. The Bertz CT molecular complexity index is 336. The minimum absolute atomic E-state index is 0.108. The standard InChI is InChI=1S/C12H15BrO2/c1-2-5-11(14)12(15)8-9-6-3-4-7-10(9)13/h3-4,6-7,11,14H,2,5,8H2,1H3. The zero-order valence-corrected chi connectivity index (χ0v) is 10.3. The third-order valence-electron chi connectivity index (χ3n) is 2.26. The molecule has 0 spiro atoms. The first-order valence-electron chi connectivity index (χ1n) is 5.09. The minimum Gasteiger partial charge on any atom is -0.385 e. The van der Waals surface area contributed by atoms with Crippen molar-refractivity contribution in [2.24, 2.45) is 0 Å². The van der Waals surface area contributed by atoms with Crippen molar-refractivity contribution in [3.63, 3.8) is 0 Å². The number of aliphatic hydroxyl groups excluding tert-OH is 1. The maximum absolute atomic E-state index is 11.6. The molecule has 1 rings (SSSR count). The van der Waals surface area contributed by atoms with E-state index in [9.17, 15) is 9.90 Å². The van der Waals surface area contributed by atoms with Gasteiger partial charge in [-0.3, -0.25) is 4.79 Å². The van der Waals surface area contributed by atoms with E-state index in [0.717, 1.165) is 16.5 Å². The van der Waals surface area contributed by atoms with Crippen molar-refractivity contribution in [1.29, 1.82) is 0 Å². The average Bonchev–Trinajstić information content (AvgIpc) is 2.21. The second-order valence-electron chi connectivity index (χ2n) is 3.54. The van der Waals surface area contributed by atoms with Crippen LogP contribution in [-0.2, 0) is 11.2 Å². The van der Waals surface area contributed by atoms with Crippen molar-refractivity contribution in [3.8, 4) is 0 Å². The third kappa shape index (κ3) is 3.76. The molecule has 1 unspecified atom stereocenters. The van der Waals surface area contributed by atoms with Crippen molar-refractivity contribution >= 4 is 21.7 Å². The summed E-state index contributed by atoms with van der Waals surface area (Å²) in [6.07, 6.45) is 0.844. The maximum Gasteiger partial charge on any atom is 0.165 e. The Morgan fingerprint density at radius 1 is 1.47 bits per heavy atom. The number of aliphatic hydroxyl groups is 1. The Morgan fingerprint density at radius 3 is 2.73 bits per heavy atom. The Labute approximate surface area is 98.4 Å². The van der Waals surface area contributed by atoms with E-state index in [1.807, 2.05) is 31.2 Å². The van der Waals surface area contributed by atoms with Gasteiger partial charge >= 0.3 is 0 Å². The second-order valence-corrected chi connectivity index (χ2v) is 4.39. The molecule has 0 aliphatic rings. The summed E-state index contributed by atoms with van der Waals surface area (Å²) in [4.78, 5) is 11.6. The molecule has 0 radical (unpaired) electrons. The number of rotatable bonds is 5. The predicted molar refractivity (Wildman–Crippen MR) is 63.8 cm³/mol. The molecule has 1 atom stereocenters. The van der Waals surface area contributed by atoms with Crippen molar-refractivity contribution in [2.75, 3.05) is 0 Å². The molecule has 1 N–H and O–H groups in total. The fourth-order valence-corrected chi connectivity index (χ4v) is 1.81. The molecule has 2 nitrogen and oxygen atoms in total. The Morgan fingerprint density at radius 2 is 2.13 bits per heavy atom.